The number of hydrogen-bond acceptors (Lipinski definition) is 6. The maximum absolute atomic E-state index is 10.6. The fraction of sp³-hybridized carbons (Fsp3) is 0.875. The predicted molar refractivity (Wildman–Crippen MR) is 68.5 cm³/mol. The van der Waals surface area contributed by atoms with Crippen molar-refractivity contribution >= 4 is 39.9 Å². The minimum atomic E-state index is -4.54. The Balaban J connectivity index is 4.36. The van der Waals surface area contributed by atoms with Crippen molar-refractivity contribution in [2.75, 3.05) is 5.75 Å². The molecule has 1 atom stereocenters. The van der Waals surface area contributed by atoms with Gasteiger partial charge in [0.15, 0.2) is 4.77 Å². The molecule has 0 aliphatic carbocycles. The molecule has 0 saturated heterocycles. The van der Waals surface area contributed by atoms with Gasteiger partial charge in [0.25, 0.3) is 0 Å². The molecule has 1 unspecified atom stereocenters. The second kappa shape index (κ2) is 6.83. The minimum Gasteiger partial charge on any atom is -0.481 e. The van der Waals surface area contributed by atoms with Crippen LogP contribution in [0.25, 0.3) is 0 Å². The van der Waals surface area contributed by atoms with Gasteiger partial charge < -0.3 is 5.11 Å². The molecule has 0 spiro atoms. The first-order chi connectivity index (χ1) is 7.49. The number of hydrogen-bond donors (Lipinski definition) is 2. The predicted octanol–water partition coefficient (Wildman–Crippen LogP) is 1.83. The van der Waals surface area contributed by atoms with Crippen LogP contribution in [0.4, 0.5) is 0 Å². The van der Waals surface area contributed by atoms with Crippen molar-refractivity contribution in [3.63, 3.8) is 0 Å². The summed E-state index contributed by atoms with van der Waals surface area (Å²) in [6.07, 6.45) is -0.0965. The van der Waals surface area contributed by atoms with E-state index in [9.17, 15) is 13.2 Å². The van der Waals surface area contributed by atoms with Gasteiger partial charge >= 0.3 is 16.4 Å². The Labute approximate surface area is 109 Å². The number of thioether (sulfide) groups is 2. The first kappa shape index (κ1) is 17.0. The molecule has 0 fully saturated rings. The van der Waals surface area contributed by atoms with Crippen molar-refractivity contribution in [2.24, 2.45) is 0 Å². The molecule has 2 N–H and O–H groups in total. The Hall–Kier alpha value is 0.0400. The van der Waals surface area contributed by atoms with Crippen LogP contribution in [0.2, 0.25) is 0 Å². The van der Waals surface area contributed by atoms with E-state index in [-0.39, 0.29) is 16.9 Å². The van der Waals surface area contributed by atoms with Crippen molar-refractivity contribution in [3.05, 3.63) is 0 Å². The number of carboxylic acids is 1. The van der Waals surface area contributed by atoms with Crippen LogP contribution in [-0.2, 0) is 19.4 Å². The van der Waals surface area contributed by atoms with Crippen molar-refractivity contribution in [1.29, 1.82) is 0 Å². The highest BCUT2D eigenvalue weighted by Crippen LogP contribution is 2.36. The van der Waals surface area contributed by atoms with Gasteiger partial charge in [-0.15, -0.1) is 23.5 Å². The Morgan fingerprint density at radius 2 is 1.94 bits per heavy atom. The lowest BCUT2D eigenvalue weighted by Gasteiger charge is -2.23. The molecular weight excluding hydrogens is 288 g/mol. The average Bonchev–Trinajstić information content (AvgIpc) is 1.95. The van der Waals surface area contributed by atoms with E-state index in [1.54, 1.807) is 0 Å². The molecule has 102 valence electrons. The molecule has 0 aromatic carbocycles. The van der Waals surface area contributed by atoms with E-state index in [1.807, 2.05) is 20.8 Å². The molecule has 0 heterocycles. The van der Waals surface area contributed by atoms with Gasteiger partial charge in [0, 0.05) is 10.5 Å². The van der Waals surface area contributed by atoms with Crippen molar-refractivity contribution < 1.29 is 27.1 Å². The van der Waals surface area contributed by atoms with Gasteiger partial charge in [-0.3, -0.25) is 9.35 Å². The normalized spacial score (nSPS) is 14.6. The SMILES string of the molecule is CC(C)(C)SC(OS(=O)(=O)O)SCCC(=O)O. The van der Waals surface area contributed by atoms with Gasteiger partial charge in [0.05, 0.1) is 6.42 Å². The summed E-state index contributed by atoms with van der Waals surface area (Å²) in [5.41, 5.74) is 0. The molecule has 9 heteroatoms. The molecule has 0 aromatic rings. The summed E-state index contributed by atoms with van der Waals surface area (Å²) >= 11 is 2.21. The minimum absolute atomic E-state index is 0.0965. The Morgan fingerprint density at radius 3 is 2.29 bits per heavy atom. The van der Waals surface area contributed by atoms with E-state index >= 15 is 0 Å². The van der Waals surface area contributed by atoms with Crippen LogP contribution in [-0.4, -0.2) is 39.3 Å². The average molecular weight is 304 g/mol. The van der Waals surface area contributed by atoms with Crippen LogP contribution in [0, 0.1) is 0 Å². The molecule has 0 amide bonds. The Morgan fingerprint density at radius 1 is 1.41 bits per heavy atom. The number of carbonyl (C=O) groups is 1. The zero-order chi connectivity index (χ0) is 13.7. The van der Waals surface area contributed by atoms with Crippen LogP contribution >= 0.6 is 23.5 Å². The van der Waals surface area contributed by atoms with Gasteiger partial charge in [0.2, 0.25) is 0 Å². The van der Waals surface area contributed by atoms with E-state index in [0.29, 0.717) is 0 Å². The second-order valence-electron chi connectivity index (χ2n) is 4.06. The highest BCUT2D eigenvalue weighted by molar-refractivity contribution is 8.17. The first-order valence-corrected chi connectivity index (χ1v) is 7.96. The first-order valence-electron chi connectivity index (χ1n) is 4.66. The lowest BCUT2D eigenvalue weighted by atomic mass is 10.3. The standard InChI is InChI=1S/C8H16O6S3/c1-8(2,3)16-7(14-17(11,12)13)15-5-4-6(9)10/h7H,4-5H2,1-3H3,(H,9,10)(H,11,12,13). The van der Waals surface area contributed by atoms with E-state index < -0.39 is 21.1 Å². The van der Waals surface area contributed by atoms with Gasteiger partial charge in [-0.25, -0.2) is 4.18 Å². The number of carboxylic acid groups (broad SMARTS) is 1. The van der Waals surface area contributed by atoms with Crippen molar-refractivity contribution in [1.82, 2.24) is 0 Å². The highest BCUT2D eigenvalue weighted by Gasteiger charge is 2.24. The molecule has 0 aliphatic rings. The zero-order valence-electron chi connectivity index (χ0n) is 9.74. The van der Waals surface area contributed by atoms with Crippen molar-refractivity contribution in [2.45, 2.75) is 36.7 Å². The van der Waals surface area contributed by atoms with Crippen molar-refractivity contribution in [3.8, 4) is 0 Å². The maximum Gasteiger partial charge on any atom is 0.399 e. The molecule has 6 nitrogen and oxygen atoms in total. The smallest absolute Gasteiger partial charge is 0.399 e. The summed E-state index contributed by atoms with van der Waals surface area (Å²) in [4.78, 5) is 10.3. The Bertz CT molecular complexity index is 345. The largest absolute Gasteiger partial charge is 0.481 e. The number of rotatable bonds is 7. The van der Waals surface area contributed by atoms with E-state index in [0.717, 1.165) is 11.8 Å². The molecule has 0 rings (SSSR count). The Kier molecular flexibility index (Phi) is 6.85. The van der Waals surface area contributed by atoms with Gasteiger partial charge in [0.1, 0.15) is 0 Å². The van der Waals surface area contributed by atoms with Crippen LogP contribution in [0.3, 0.4) is 0 Å². The van der Waals surface area contributed by atoms with E-state index in [1.165, 1.54) is 11.8 Å². The summed E-state index contributed by atoms with van der Waals surface area (Å²) in [5, 5.41) is 8.46. The third-order valence-corrected chi connectivity index (χ3v) is 4.40. The molecule has 0 aliphatic heterocycles. The molecule has 0 aromatic heterocycles. The molecule has 0 radical (unpaired) electrons. The third-order valence-electron chi connectivity index (χ3n) is 1.22. The van der Waals surface area contributed by atoms with E-state index in [2.05, 4.69) is 4.18 Å². The molecular formula is C8H16O6S3. The summed E-state index contributed by atoms with van der Waals surface area (Å²) < 4.78 is 33.2. The maximum atomic E-state index is 10.6. The highest BCUT2D eigenvalue weighted by atomic mass is 32.3. The summed E-state index contributed by atoms with van der Waals surface area (Å²) in [5.74, 6) is -0.762. The van der Waals surface area contributed by atoms with Gasteiger partial charge in [-0.05, 0) is 0 Å². The lowest BCUT2D eigenvalue weighted by Crippen LogP contribution is -2.19. The third kappa shape index (κ3) is 12.3. The summed E-state index contributed by atoms with van der Waals surface area (Å²) in [6, 6.07) is 0. The van der Waals surface area contributed by atoms with Crippen LogP contribution in [0.1, 0.15) is 27.2 Å². The number of aliphatic carboxylic acids is 1. The molecule has 17 heavy (non-hydrogen) atoms. The fourth-order valence-electron chi connectivity index (χ4n) is 0.712. The van der Waals surface area contributed by atoms with Gasteiger partial charge in [-0.1, -0.05) is 20.8 Å². The monoisotopic (exact) mass is 304 g/mol. The quantitative estimate of drug-likeness (QED) is 0.542. The van der Waals surface area contributed by atoms with Crippen LogP contribution in [0.5, 0.6) is 0 Å². The van der Waals surface area contributed by atoms with Gasteiger partial charge in [-0.2, -0.15) is 8.42 Å². The zero-order valence-corrected chi connectivity index (χ0v) is 12.2. The lowest BCUT2D eigenvalue weighted by molar-refractivity contribution is -0.136. The van der Waals surface area contributed by atoms with Crippen LogP contribution in [0.15, 0.2) is 0 Å². The van der Waals surface area contributed by atoms with E-state index in [4.69, 9.17) is 9.66 Å². The summed E-state index contributed by atoms with van der Waals surface area (Å²) in [7, 11) is -4.54. The summed E-state index contributed by atoms with van der Waals surface area (Å²) in [6.45, 7) is 5.57. The topological polar surface area (TPSA) is 101 Å². The molecule has 0 saturated carbocycles. The second-order valence-corrected chi connectivity index (χ2v) is 8.46. The fourth-order valence-corrected chi connectivity index (χ4v) is 4.37. The van der Waals surface area contributed by atoms with Crippen LogP contribution < -0.4 is 0 Å². The molecule has 0 bridgehead atoms.